The zero-order valence-electron chi connectivity index (χ0n) is 18.6. The summed E-state index contributed by atoms with van der Waals surface area (Å²) in [6.07, 6.45) is 5.08. The van der Waals surface area contributed by atoms with E-state index in [1.807, 2.05) is 50.1 Å². The Hall–Kier alpha value is -3.08. The number of phenolic OH excluding ortho intramolecular Hbond substituents is 3. The second-order valence-corrected chi connectivity index (χ2v) is 8.45. The monoisotopic (exact) mass is 423 g/mol. The molecule has 0 saturated heterocycles. The SMILES string of the molecule is C=C(O)C(C/C(=C\C)c1cc(C2CC2)c(O)cc1O)Cc1ccc(O)c(N(C)CC)c1. The van der Waals surface area contributed by atoms with Crippen molar-refractivity contribution in [2.75, 3.05) is 18.5 Å². The molecule has 1 unspecified atom stereocenters. The standard InChI is InChI=1S/C26H33NO4/c1-5-18(21-14-22(19-8-9-19)26(31)15-25(21)30)13-20(16(3)28)11-17-7-10-24(29)23(12-17)27(4)6-2/h5,7,10,12,14-15,19-20,28-31H,3,6,8-9,11,13H2,1-2,4H3/b18-5+. The minimum absolute atomic E-state index is 0.0359. The van der Waals surface area contributed by atoms with Crippen LogP contribution in [0.15, 0.2) is 48.7 Å². The van der Waals surface area contributed by atoms with Crippen molar-refractivity contribution >= 4 is 11.3 Å². The van der Waals surface area contributed by atoms with Crippen molar-refractivity contribution < 1.29 is 20.4 Å². The molecule has 3 rings (SSSR count). The molecule has 31 heavy (non-hydrogen) atoms. The van der Waals surface area contributed by atoms with Gasteiger partial charge in [-0.2, -0.15) is 0 Å². The summed E-state index contributed by atoms with van der Waals surface area (Å²) < 4.78 is 0. The number of phenols is 3. The molecule has 0 bridgehead atoms. The Morgan fingerprint density at radius 2 is 1.84 bits per heavy atom. The molecule has 166 valence electrons. The Morgan fingerprint density at radius 1 is 1.13 bits per heavy atom. The van der Waals surface area contributed by atoms with Crippen molar-refractivity contribution in [1.82, 2.24) is 0 Å². The summed E-state index contributed by atoms with van der Waals surface area (Å²) in [5.41, 5.74) is 4.18. The summed E-state index contributed by atoms with van der Waals surface area (Å²) in [6, 6.07) is 8.77. The maximum atomic E-state index is 10.5. The lowest BCUT2D eigenvalue weighted by atomic mass is 9.87. The Balaban J connectivity index is 1.86. The van der Waals surface area contributed by atoms with Gasteiger partial charge in [-0.3, -0.25) is 0 Å². The molecule has 0 spiro atoms. The number of aromatic hydroxyl groups is 3. The number of anilines is 1. The molecule has 1 fully saturated rings. The Morgan fingerprint density at radius 3 is 2.42 bits per heavy atom. The van der Waals surface area contributed by atoms with Crippen molar-refractivity contribution in [3.05, 3.63) is 65.4 Å². The third-order valence-electron chi connectivity index (χ3n) is 6.20. The summed E-state index contributed by atoms with van der Waals surface area (Å²) in [6.45, 7) is 8.47. The van der Waals surface area contributed by atoms with Crippen LogP contribution in [0.4, 0.5) is 5.69 Å². The van der Waals surface area contributed by atoms with Crippen LogP contribution in [-0.4, -0.2) is 34.0 Å². The highest BCUT2D eigenvalue weighted by atomic mass is 16.3. The Kier molecular flexibility index (Phi) is 6.84. The number of benzene rings is 2. The molecule has 1 atom stereocenters. The van der Waals surface area contributed by atoms with Crippen LogP contribution in [0.5, 0.6) is 17.2 Å². The Labute approximate surface area is 184 Å². The number of allylic oxidation sites excluding steroid dienone is 3. The van der Waals surface area contributed by atoms with Crippen LogP contribution in [0.2, 0.25) is 0 Å². The van der Waals surface area contributed by atoms with Crippen LogP contribution in [0.3, 0.4) is 0 Å². The molecule has 5 nitrogen and oxygen atoms in total. The highest BCUT2D eigenvalue weighted by molar-refractivity contribution is 5.73. The number of aliphatic hydroxyl groups excluding tert-OH is 1. The van der Waals surface area contributed by atoms with Gasteiger partial charge in [0.2, 0.25) is 0 Å². The first-order chi connectivity index (χ1) is 14.7. The zero-order valence-corrected chi connectivity index (χ0v) is 18.6. The van der Waals surface area contributed by atoms with Crippen molar-refractivity contribution in [2.24, 2.45) is 5.92 Å². The minimum atomic E-state index is -0.256. The van der Waals surface area contributed by atoms with Crippen molar-refractivity contribution in [1.29, 1.82) is 0 Å². The fraction of sp³-hybridized carbons (Fsp3) is 0.385. The molecular formula is C26H33NO4. The number of hydrogen-bond acceptors (Lipinski definition) is 5. The number of aliphatic hydroxyl groups is 1. The summed E-state index contributed by atoms with van der Waals surface area (Å²) in [7, 11) is 1.92. The molecule has 1 saturated carbocycles. The molecule has 0 aromatic heterocycles. The molecular weight excluding hydrogens is 390 g/mol. The lowest BCUT2D eigenvalue weighted by Gasteiger charge is -2.22. The average molecular weight is 424 g/mol. The van der Waals surface area contributed by atoms with Gasteiger partial charge in [0.15, 0.2) is 0 Å². The van der Waals surface area contributed by atoms with Gasteiger partial charge in [0.25, 0.3) is 0 Å². The van der Waals surface area contributed by atoms with Crippen molar-refractivity contribution in [2.45, 2.75) is 45.4 Å². The average Bonchev–Trinajstić information content (AvgIpc) is 3.57. The van der Waals surface area contributed by atoms with Gasteiger partial charge in [0.1, 0.15) is 17.2 Å². The lowest BCUT2D eigenvalue weighted by molar-refractivity contribution is 0.332. The van der Waals surface area contributed by atoms with Crippen LogP contribution >= 0.6 is 0 Å². The minimum Gasteiger partial charge on any atom is -0.513 e. The maximum absolute atomic E-state index is 10.5. The van der Waals surface area contributed by atoms with E-state index in [0.29, 0.717) is 24.3 Å². The van der Waals surface area contributed by atoms with E-state index in [9.17, 15) is 20.4 Å². The molecule has 1 aliphatic rings. The Bertz CT molecular complexity index is 991. The summed E-state index contributed by atoms with van der Waals surface area (Å²) in [4.78, 5) is 1.97. The highest BCUT2D eigenvalue weighted by Gasteiger charge is 2.28. The van der Waals surface area contributed by atoms with Gasteiger partial charge in [-0.1, -0.05) is 18.7 Å². The van der Waals surface area contributed by atoms with E-state index in [4.69, 9.17) is 0 Å². The quantitative estimate of drug-likeness (QED) is 0.380. The molecule has 4 N–H and O–H groups in total. The van der Waals surface area contributed by atoms with Crippen LogP contribution < -0.4 is 4.90 Å². The summed E-state index contributed by atoms with van der Waals surface area (Å²) >= 11 is 0. The van der Waals surface area contributed by atoms with E-state index >= 15 is 0 Å². The number of rotatable bonds is 9. The largest absolute Gasteiger partial charge is 0.513 e. The summed E-state index contributed by atoms with van der Waals surface area (Å²) in [5.74, 6) is 0.578. The molecule has 5 heteroatoms. The lowest BCUT2D eigenvalue weighted by Crippen LogP contribution is -2.16. The molecule has 0 heterocycles. The fourth-order valence-corrected chi connectivity index (χ4v) is 3.99. The second-order valence-electron chi connectivity index (χ2n) is 8.45. The molecule has 0 aliphatic heterocycles. The highest BCUT2D eigenvalue weighted by Crippen LogP contribution is 2.47. The van der Waals surface area contributed by atoms with Crippen molar-refractivity contribution in [3.8, 4) is 17.2 Å². The number of hydrogen-bond donors (Lipinski definition) is 4. The smallest absolute Gasteiger partial charge is 0.138 e. The van der Waals surface area contributed by atoms with Gasteiger partial charge in [-0.15, -0.1) is 0 Å². The van der Waals surface area contributed by atoms with Gasteiger partial charge < -0.3 is 25.3 Å². The van der Waals surface area contributed by atoms with Gasteiger partial charge in [-0.25, -0.2) is 0 Å². The molecule has 0 amide bonds. The van der Waals surface area contributed by atoms with Gasteiger partial charge >= 0.3 is 0 Å². The van der Waals surface area contributed by atoms with E-state index in [0.717, 1.165) is 41.8 Å². The van der Waals surface area contributed by atoms with Crippen molar-refractivity contribution in [3.63, 3.8) is 0 Å². The van der Waals surface area contributed by atoms with E-state index in [1.165, 1.54) is 6.07 Å². The van der Waals surface area contributed by atoms with E-state index in [2.05, 4.69) is 6.58 Å². The first kappa shape index (κ1) is 22.6. The van der Waals surface area contributed by atoms with Gasteiger partial charge in [-0.05, 0) is 80.3 Å². The summed E-state index contributed by atoms with van der Waals surface area (Å²) in [5, 5.41) is 41.2. The first-order valence-electron chi connectivity index (χ1n) is 10.9. The van der Waals surface area contributed by atoms with Gasteiger partial charge in [0.05, 0.1) is 11.4 Å². The van der Waals surface area contributed by atoms with E-state index < -0.39 is 0 Å². The predicted octanol–water partition coefficient (Wildman–Crippen LogP) is 5.86. The number of nitrogens with zero attached hydrogens (tertiary/aromatic N) is 1. The zero-order chi connectivity index (χ0) is 22.7. The normalized spacial score (nSPS) is 15.0. The third kappa shape index (κ3) is 5.16. The van der Waals surface area contributed by atoms with Crippen LogP contribution in [0.1, 0.15) is 55.7 Å². The topological polar surface area (TPSA) is 84.2 Å². The van der Waals surface area contributed by atoms with Gasteiger partial charge in [0, 0.05) is 31.1 Å². The molecule has 1 aliphatic carbocycles. The predicted molar refractivity (Wildman–Crippen MR) is 126 cm³/mol. The molecule has 2 aromatic carbocycles. The fourth-order valence-electron chi connectivity index (χ4n) is 3.99. The van der Waals surface area contributed by atoms with Crippen LogP contribution in [0.25, 0.3) is 5.57 Å². The molecule has 2 aromatic rings. The maximum Gasteiger partial charge on any atom is 0.138 e. The first-order valence-corrected chi connectivity index (χ1v) is 10.9. The third-order valence-corrected chi connectivity index (χ3v) is 6.20. The van der Waals surface area contributed by atoms with Crippen LogP contribution in [-0.2, 0) is 6.42 Å². The van der Waals surface area contributed by atoms with E-state index in [1.54, 1.807) is 6.07 Å². The molecule has 0 radical (unpaired) electrons. The second kappa shape index (κ2) is 9.38. The van der Waals surface area contributed by atoms with Crippen LogP contribution in [0, 0.1) is 5.92 Å². The van der Waals surface area contributed by atoms with E-state index in [-0.39, 0.29) is 28.9 Å².